The fourth-order valence-corrected chi connectivity index (χ4v) is 2.33. The molecule has 0 saturated heterocycles. The SMILES string of the molecule is CCCC(C)NCCOc1ccc(C)cc1Br. The third kappa shape index (κ3) is 5.55. The predicted octanol–water partition coefficient (Wildman–Crippen LogP) is 3.91. The lowest BCUT2D eigenvalue weighted by molar-refractivity contribution is 0.303. The van der Waals surface area contributed by atoms with Gasteiger partial charge in [-0.15, -0.1) is 0 Å². The quantitative estimate of drug-likeness (QED) is 0.771. The average molecular weight is 300 g/mol. The molecule has 1 aromatic rings. The first-order chi connectivity index (χ1) is 8.13. The summed E-state index contributed by atoms with van der Waals surface area (Å²) < 4.78 is 6.74. The second-order valence-corrected chi connectivity index (χ2v) is 5.28. The maximum Gasteiger partial charge on any atom is 0.133 e. The summed E-state index contributed by atoms with van der Waals surface area (Å²) in [6.45, 7) is 8.09. The number of benzene rings is 1. The maximum atomic E-state index is 5.71. The zero-order chi connectivity index (χ0) is 12.7. The molecule has 0 bridgehead atoms. The molecule has 0 aliphatic rings. The van der Waals surface area contributed by atoms with Crippen LogP contribution < -0.4 is 10.1 Å². The third-order valence-corrected chi connectivity index (χ3v) is 3.28. The molecule has 0 aliphatic heterocycles. The van der Waals surface area contributed by atoms with Crippen LogP contribution in [-0.4, -0.2) is 19.2 Å². The van der Waals surface area contributed by atoms with E-state index in [0.717, 1.165) is 16.8 Å². The highest BCUT2D eigenvalue weighted by Gasteiger charge is 2.02. The lowest BCUT2D eigenvalue weighted by Gasteiger charge is -2.13. The Morgan fingerprint density at radius 2 is 2.18 bits per heavy atom. The Labute approximate surface area is 113 Å². The van der Waals surface area contributed by atoms with Crippen molar-refractivity contribution in [2.24, 2.45) is 0 Å². The smallest absolute Gasteiger partial charge is 0.133 e. The molecule has 0 radical (unpaired) electrons. The van der Waals surface area contributed by atoms with E-state index in [0.29, 0.717) is 12.6 Å². The van der Waals surface area contributed by atoms with Gasteiger partial charge in [0, 0.05) is 12.6 Å². The standard InChI is InChI=1S/C14H22BrNO/c1-4-5-12(3)16-8-9-17-14-7-6-11(2)10-13(14)15/h6-7,10,12,16H,4-5,8-9H2,1-3H3. The second kappa shape index (κ2) is 7.72. The Bertz CT molecular complexity index is 341. The van der Waals surface area contributed by atoms with E-state index in [1.54, 1.807) is 0 Å². The average Bonchev–Trinajstić information content (AvgIpc) is 2.27. The van der Waals surface area contributed by atoms with Gasteiger partial charge in [-0.25, -0.2) is 0 Å². The lowest BCUT2D eigenvalue weighted by Crippen LogP contribution is -2.29. The van der Waals surface area contributed by atoms with Gasteiger partial charge in [-0.1, -0.05) is 19.4 Å². The number of hydrogen-bond acceptors (Lipinski definition) is 2. The van der Waals surface area contributed by atoms with E-state index in [4.69, 9.17) is 4.74 Å². The fourth-order valence-electron chi connectivity index (χ4n) is 1.72. The topological polar surface area (TPSA) is 21.3 Å². The van der Waals surface area contributed by atoms with E-state index in [2.05, 4.69) is 54.2 Å². The van der Waals surface area contributed by atoms with E-state index < -0.39 is 0 Å². The van der Waals surface area contributed by atoms with Crippen LogP contribution in [0, 0.1) is 6.92 Å². The number of aryl methyl sites for hydroxylation is 1. The van der Waals surface area contributed by atoms with Crippen molar-refractivity contribution in [2.75, 3.05) is 13.2 Å². The molecule has 1 unspecified atom stereocenters. The minimum atomic E-state index is 0.574. The molecular weight excluding hydrogens is 278 g/mol. The van der Waals surface area contributed by atoms with Crippen LogP contribution in [0.5, 0.6) is 5.75 Å². The summed E-state index contributed by atoms with van der Waals surface area (Å²) in [7, 11) is 0. The van der Waals surface area contributed by atoms with Gasteiger partial charge in [0.1, 0.15) is 12.4 Å². The largest absolute Gasteiger partial charge is 0.491 e. The zero-order valence-electron chi connectivity index (χ0n) is 10.9. The molecule has 0 amide bonds. The summed E-state index contributed by atoms with van der Waals surface area (Å²) in [6, 6.07) is 6.72. The number of ether oxygens (including phenoxy) is 1. The van der Waals surface area contributed by atoms with E-state index in [-0.39, 0.29) is 0 Å². The van der Waals surface area contributed by atoms with Crippen molar-refractivity contribution >= 4 is 15.9 Å². The van der Waals surface area contributed by atoms with E-state index in [1.807, 2.05) is 6.07 Å². The molecule has 0 heterocycles. The minimum Gasteiger partial charge on any atom is -0.491 e. The van der Waals surface area contributed by atoms with Gasteiger partial charge in [-0.2, -0.15) is 0 Å². The molecule has 0 saturated carbocycles. The Balaban J connectivity index is 2.26. The zero-order valence-corrected chi connectivity index (χ0v) is 12.5. The van der Waals surface area contributed by atoms with Crippen LogP contribution >= 0.6 is 15.9 Å². The lowest BCUT2D eigenvalue weighted by atomic mass is 10.2. The summed E-state index contributed by atoms with van der Waals surface area (Å²) in [5.41, 5.74) is 1.24. The minimum absolute atomic E-state index is 0.574. The van der Waals surface area contributed by atoms with Crippen LogP contribution in [0.15, 0.2) is 22.7 Å². The van der Waals surface area contributed by atoms with E-state index >= 15 is 0 Å². The van der Waals surface area contributed by atoms with Crippen molar-refractivity contribution in [2.45, 2.75) is 39.7 Å². The highest BCUT2D eigenvalue weighted by Crippen LogP contribution is 2.25. The summed E-state index contributed by atoms with van der Waals surface area (Å²) in [5, 5.41) is 3.44. The first-order valence-corrected chi connectivity index (χ1v) is 7.05. The summed E-state index contributed by atoms with van der Waals surface area (Å²) >= 11 is 3.51. The Hall–Kier alpha value is -0.540. The molecule has 0 spiro atoms. The van der Waals surface area contributed by atoms with Gasteiger partial charge < -0.3 is 10.1 Å². The highest BCUT2D eigenvalue weighted by molar-refractivity contribution is 9.10. The molecule has 1 atom stereocenters. The summed E-state index contributed by atoms with van der Waals surface area (Å²) in [4.78, 5) is 0. The number of rotatable bonds is 7. The van der Waals surface area contributed by atoms with Crippen molar-refractivity contribution in [1.29, 1.82) is 0 Å². The van der Waals surface area contributed by atoms with E-state index in [9.17, 15) is 0 Å². The van der Waals surface area contributed by atoms with Gasteiger partial charge in [0.05, 0.1) is 4.47 Å². The van der Waals surface area contributed by atoms with Crippen LogP contribution in [0.25, 0.3) is 0 Å². The van der Waals surface area contributed by atoms with Gasteiger partial charge in [-0.3, -0.25) is 0 Å². The van der Waals surface area contributed by atoms with Gasteiger partial charge in [0.25, 0.3) is 0 Å². The highest BCUT2D eigenvalue weighted by atomic mass is 79.9. The number of halogens is 1. The molecule has 1 aromatic carbocycles. The second-order valence-electron chi connectivity index (χ2n) is 4.43. The molecule has 1 rings (SSSR count). The Morgan fingerprint density at radius 3 is 2.82 bits per heavy atom. The Kier molecular flexibility index (Phi) is 6.60. The van der Waals surface area contributed by atoms with Crippen LogP contribution in [0.4, 0.5) is 0 Å². The van der Waals surface area contributed by atoms with Crippen molar-refractivity contribution in [3.8, 4) is 5.75 Å². The molecular formula is C14H22BrNO. The van der Waals surface area contributed by atoms with Crippen LogP contribution in [-0.2, 0) is 0 Å². The van der Waals surface area contributed by atoms with Crippen molar-refractivity contribution in [3.63, 3.8) is 0 Å². The van der Waals surface area contributed by atoms with Crippen molar-refractivity contribution in [1.82, 2.24) is 5.32 Å². The predicted molar refractivity (Wildman–Crippen MR) is 76.7 cm³/mol. The fraction of sp³-hybridized carbons (Fsp3) is 0.571. The normalized spacial score (nSPS) is 12.5. The van der Waals surface area contributed by atoms with E-state index in [1.165, 1.54) is 18.4 Å². The molecule has 1 N–H and O–H groups in total. The first-order valence-electron chi connectivity index (χ1n) is 6.25. The van der Waals surface area contributed by atoms with Gasteiger partial charge >= 0.3 is 0 Å². The maximum absolute atomic E-state index is 5.71. The molecule has 96 valence electrons. The summed E-state index contributed by atoms with van der Waals surface area (Å²) in [6.07, 6.45) is 2.44. The van der Waals surface area contributed by atoms with Gasteiger partial charge in [0.2, 0.25) is 0 Å². The monoisotopic (exact) mass is 299 g/mol. The molecule has 3 heteroatoms. The molecule has 0 fully saturated rings. The van der Waals surface area contributed by atoms with Crippen LogP contribution in [0.3, 0.4) is 0 Å². The van der Waals surface area contributed by atoms with Crippen LogP contribution in [0.2, 0.25) is 0 Å². The molecule has 2 nitrogen and oxygen atoms in total. The number of hydrogen-bond donors (Lipinski definition) is 1. The van der Waals surface area contributed by atoms with Crippen molar-refractivity contribution in [3.05, 3.63) is 28.2 Å². The molecule has 0 aliphatic carbocycles. The molecule has 0 aromatic heterocycles. The molecule has 17 heavy (non-hydrogen) atoms. The van der Waals surface area contributed by atoms with Gasteiger partial charge in [0.15, 0.2) is 0 Å². The van der Waals surface area contributed by atoms with Crippen LogP contribution in [0.1, 0.15) is 32.3 Å². The Morgan fingerprint density at radius 1 is 1.41 bits per heavy atom. The third-order valence-electron chi connectivity index (χ3n) is 2.66. The first kappa shape index (κ1) is 14.5. The summed E-state index contributed by atoms with van der Waals surface area (Å²) in [5.74, 6) is 0.917. The number of nitrogens with one attached hydrogen (secondary N) is 1. The van der Waals surface area contributed by atoms with Gasteiger partial charge in [-0.05, 0) is 53.9 Å². The van der Waals surface area contributed by atoms with Crippen molar-refractivity contribution < 1.29 is 4.74 Å².